The van der Waals surface area contributed by atoms with Gasteiger partial charge in [-0.3, -0.25) is 4.40 Å². The Labute approximate surface area is 162 Å². The number of thiazole rings is 1. The quantitative estimate of drug-likeness (QED) is 0.413. The predicted molar refractivity (Wildman–Crippen MR) is 108 cm³/mol. The van der Waals surface area contributed by atoms with Crippen LogP contribution in [-0.4, -0.2) is 9.38 Å². The van der Waals surface area contributed by atoms with Gasteiger partial charge in [0.1, 0.15) is 11.3 Å². The molecule has 0 spiro atoms. The first-order chi connectivity index (χ1) is 13.3. The highest BCUT2D eigenvalue weighted by atomic mass is 32.1. The highest BCUT2D eigenvalue weighted by Gasteiger charge is 2.51. The van der Waals surface area contributed by atoms with E-state index in [-0.39, 0.29) is 0 Å². The average Bonchev–Trinajstić information content (AvgIpc) is 3.34. The van der Waals surface area contributed by atoms with Gasteiger partial charge in [-0.15, -0.1) is 11.3 Å². The number of rotatable bonds is 2. The number of hydrogen-bond donors (Lipinski definition) is 0. The van der Waals surface area contributed by atoms with Gasteiger partial charge in [0.15, 0.2) is 10.7 Å². The molecule has 0 aliphatic heterocycles. The van der Waals surface area contributed by atoms with Crippen molar-refractivity contribution in [3.8, 4) is 11.5 Å². The molecule has 0 amide bonds. The van der Waals surface area contributed by atoms with E-state index in [0.29, 0.717) is 5.41 Å². The topological polar surface area (TPSA) is 30.4 Å². The van der Waals surface area contributed by atoms with E-state index < -0.39 is 0 Å². The molecule has 3 nitrogen and oxygen atoms in total. The molecule has 1 aromatic carbocycles. The van der Waals surface area contributed by atoms with Gasteiger partial charge in [-0.2, -0.15) is 0 Å². The van der Waals surface area contributed by atoms with E-state index in [1.807, 2.05) is 12.4 Å². The van der Waals surface area contributed by atoms with Crippen LogP contribution in [0.25, 0.3) is 27.4 Å². The Morgan fingerprint density at radius 1 is 1.04 bits per heavy atom. The number of fused-ring (bicyclic) bond motifs is 2. The fourth-order valence-corrected chi connectivity index (χ4v) is 7.70. The Morgan fingerprint density at radius 2 is 1.81 bits per heavy atom. The predicted octanol–water partition coefficient (Wildman–Crippen LogP) is 6.28. The van der Waals surface area contributed by atoms with Crippen LogP contribution in [0.2, 0.25) is 0 Å². The smallest absolute Gasteiger partial charge is 0.194 e. The lowest BCUT2D eigenvalue weighted by Crippen LogP contribution is -2.48. The molecule has 27 heavy (non-hydrogen) atoms. The summed E-state index contributed by atoms with van der Waals surface area (Å²) in [6, 6.07) is 9.23. The van der Waals surface area contributed by atoms with Gasteiger partial charge in [-0.1, -0.05) is 12.1 Å². The van der Waals surface area contributed by atoms with Crippen LogP contribution >= 0.6 is 11.3 Å². The molecule has 0 radical (unpaired) electrons. The van der Waals surface area contributed by atoms with Gasteiger partial charge in [-0.05, 0) is 79.4 Å². The van der Waals surface area contributed by atoms with Crippen molar-refractivity contribution in [3.63, 3.8) is 0 Å². The van der Waals surface area contributed by atoms with E-state index in [2.05, 4.69) is 39.0 Å². The second kappa shape index (κ2) is 5.05. The van der Waals surface area contributed by atoms with Crippen LogP contribution in [0.5, 0.6) is 0 Å². The second-order valence-corrected chi connectivity index (χ2v) is 10.1. The molecule has 3 heterocycles. The summed E-state index contributed by atoms with van der Waals surface area (Å²) >= 11 is 1.66. The third-order valence-electron chi connectivity index (χ3n) is 7.57. The molecule has 4 aliphatic carbocycles. The summed E-state index contributed by atoms with van der Waals surface area (Å²) in [6.07, 6.45) is 12.5. The first-order valence-corrected chi connectivity index (χ1v) is 11.1. The molecule has 8 rings (SSSR count). The SMILES string of the molecule is c1cn2c(-c3cc4ccc(C56CC7CC(CC(C7)C5)C6)cc4o3)csc2n1. The highest BCUT2D eigenvalue weighted by molar-refractivity contribution is 7.15. The molecular formula is C23H22N2OS. The van der Waals surface area contributed by atoms with Crippen LogP contribution in [0.3, 0.4) is 0 Å². The van der Waals surface area contributed by atoms with Gasteiger partial charge in [0.2, 0.25) is 0 Å². The van der Waals surface area contributed by atoms with Crippen molar-refractivity contribution < 1.29 is 4.42 Å². The Morgan fingerprint density at radius 3 is 2.59 bits per heavy atom. The Hall–Kier alpha value is -2.07. The normalized spacial score (nSPS) is 32.1. The van der Waals surface area contributed by atoms with Crippen molar-refractivity contribution in [3.05, 3.63) is 47.6 Å². The Bertz CT molecular complexity index is 1140. The van der Waals surface area contributed by atoms with E-state index in [1.54, 1.807) is 11.3 Å². The van der Waals surface area contributed by atoms with Crippen LogP contribution in [0.4, 0.5) is 0 Å². The molecule has 136 valence electrons. The largest absolute Gasteiger partial charge is 0.454 e. The molecule has 4 bridgehead atoms. The van der Waals surface area contributed by atoms with E-state index in [4.69, 9.17) is 4.42 Å². The lowest BCUT2D eigenvalue weighted by atomic mass is 9.48. The van der Waals surface area contributed by atoms with E-state index in [0.717, 1.165) is 39.8 Å². The number of hydrogen-bond acceptors (Lipinski definition) is 3. The standard InChI is InChI=1S/C23H22N2OS/c1-2-18(23-10-14-5-15(11-23)7-16(6-14)12-23)9-20-17(1)8-21(26-20)19-13-27-22-24-3-4-25(19)22/h1-4,8-9,13-16H,5-7,10-12H2. The summed E-state index contributed by atoms with van der Waals surface area (Å²) in [7, 11) is 0. The zero-order valence-electron chi connectivity index (χ0n) is 15.2. The van der Waals surface area contributed by atoms with Crippen LogP contribution in [0.15, 0.2) is 46.5 Å². The minimum absolute atomic E-state index is 0.426. The minimum Gasteiger partial charge on any atom is -0.454 e. The maximum absolute atomic E-state index is 6.35. The molecule has 0 saturated heterocycles. The highest BCUT2D eigenvalue weighted by Crippen LogP contribution is 2.60. The first-order valence-electron chi connectivity index (χ1n) is 10.2. The van der Waals surface area contributed by atoms with Crippen LogP contribution < -0.4 is 0 Å². The zero-order valence-corrected chi connectivity index (χ0v) is 16.0. The van der Waals surface area contributed by atoms with Crippen molar-refractivity contribution in [1.29, 1.82) is 0 Å². The lowest BCUT2D eigenvalue weighted by molar-refractivity contribution is -0.00515. The van der Waals surface area contributed by atoms with Crippen molar-refractivity contribution in [2.75, 3.05) is 0 Å². The van der Waals surface area contributed by atoms with Crippen molar-refractivity contribution in [2.45, 2.75) is 43.9 Å². The molecular weight excluding hydrogens is 352 g/mol. The van der Waals surface area contributed by atoms with Crippen molar-refractivity contribution in [2.24, 2.45) is 17.8 Å². The van der Waals surface area contributed by atoms with Gasteiger partial charge in [0, 0.05) is 23.2 Å². The summed E-state index contributed by atoms with van der Waals surface area (Å²) in [4.78, 5) is 5.39. The third kappa shape index (κ3) is 2.05. The summed E-state index contributed by atoms with van der Waals surface area (Å²) in [6.45, 7) is 0. The van der Waals surface area contributed by atoms with Crippen LogP contribution in [0, 0.1) is 17.8 Å². The Balaban J connectivity index is 1.34. The first kappa shape index (κ1) is 14.9. The van der Waals surface area contributed by atoms with E-state index in [9.17, 15) is 0 Å². The van der Waals surface area contributed by atoms with E-state index >= 15 is 0 Å². The summed E-state index contributed by atoms with van der Waals surface area (Å²) < 4.78 is 8.47. The molecule has 4 saturated carbocycles. The minimum atomic E-state index is 0.426. The monoisotopic (exact) mass is 374 g/mol. The maximum atomic E-state index is 6.35. The number of imidazole rings is 1. The van der Waals surface area contributed by atoms with Crippen molar-refractivity contribution >= 4 is 27.3 Å². The van der Waals surface area contributed by atoms with Gasteiger partial charge >= 0.3 is 0 Å². The molecule has 3 aromatic heterocycles. The van der Waals surface area contributed by atoms with Crippen LogP contribution in [-0.2, 0) is 5.41 Å². The fraction of sp³-hybridized carbons (Fsp3) is 0.435. The number of benzene rings is 1. The van der Waals surface area contributed by atoms with E-state index in [1.165, 1.54) is 49.5 Å². The number of nitrogens with zero attached hydrogens (tertiary/aromatic N) is 2. The molecule has 4 aromatic rings. The molecule has 0 atom stereocenters. The molecule has 4 aliphatic rings. The zero-order chi connectivity index (χ0) is 17.6. The summed E-state index contributed by atoms with van der Waals surface area (Å²) in [5.74, 6) is 3.86. The van der Waals surface area contributed by atoms with Gasteiger partial charge in [0.25, 0.3) is 0 Å². The fourth-order valence-electron chi connectivity index (χ4n) is 6.85. The molecule has 0 unspecified atom stereocenters. The lowest BCUT2D eigenvalue weighted by Gasteiger charge is -2.57. The van der Waals surface area contributed by atoms with Gasteiger partial charge in [-0.25, -0.2) is 4.98 Å². The van der Waals surface area contributed by atoms with Gasteiger partial charge < -0.3 is 4.42 Å². The summed E-state index contributed by atoms with van der Waals surface area (Å²) in [5.41, 5.74) is 4.10. The Kier molecular flexibility index (Phi) is 2.79. The second-order valence-electron chi connectivity index (χ2n) is 9.26. The molecule has 0 N–H and O–H groups in total. The average molecular weight is 375 g/mol. The third-order valence-corrected chi connectivity index (χ3v) is 8.42. The van der Waals surface area contributed by atoms with Crippen LogP contribution in [0.1, 0.15) is 44.1 Å². The van der Waals surface area contributed by atoms with Crippen molar-refractivity contribution in [1.82, 2.24) is 9.38 Å². The molecule has 4 heteroatoms. The van der Waals surface area contributed by atoms with Gasteiger partial charge in [0.05, 0.1) is 0 Å². The maximum Gasteiger partial charge on any atom is 0.194 e. The number of aromatic nitrogens is 2. The molecule has 4 fully saturated rings. The number of furan rings is 1. The summed E-state index contributed by atoms with van der Waals surface area (Å²) in [5, 5.41) is 3.35.